The summed E-state index contributed by atoms with van der Waals surface area (Å²) in [6, 6.07) is 21.1. The molecule has 2 saturated heterocycles. The second kappa shape index (κ2) is 12.7. The van der Waals surface area contributed by atoms with E-state index in [0.717, 1.165) is 31.4 Å². The number of nitrogens with zero attached hydrogens (tertiary/aromatic N) is 2. The van der Waals surface area contributed by atoms with Gasteiger partial charge in [0.1, 0.15) is 5.75 Å². The molecule has 9 heteroatoms. The summed E-state index contributed by atoms with van der Waals surface area (Å²) in [6.45, 7) is 5.71. The van der Waals surface area contributed by atoms with Gasteiger partial charge in [-0.15, -0.1) is 13.2 Å². The number of nitrogens with one attached hydrogen (secondary N) is 2. The van der Waals surface area contributed by atoms with E-state index in [1.807, 2.05) is 12.1 Å². The van der Waals surface area contributed by atoms with Crippen LogP contribution in [0.3, 0.4) is 0 Å². The van der Waals surface area contributed by atoms with Crippen molar-refractivity contribution in [1.29, 1.82) is 0 Å². The molecule has 3 aromatic rings. The third-order valence-electron chi connectivity index (χ3n) is 7.61. The second-order valence-electron chi connectivity index (χ2n) is 10.5. The SMILES string of the molecule is O=C(Nc1ccc(CN2CCC(N3CCCCC3)CC2)cc1)c1ccc(Nc2ccc(OC(F)(F)F)cc2)cc1. The van der Waals surface area contributed by atoms with Crippen molar-refractivity contribution >= 4 is 23.0 Å². The van der Waals surface area contributed by atoms with E-state index >= 15 is 0 Å². The standard InChI is InChI=1S/C31H35F3N4O2/c32-31(33,34)40-29-14-12-26(13-15-29)35-25-10-6-24(7-11-25)30(39)36-27-8-4-23(5-9-27)22-37-20-16-28(17-21-37)38-18-2-1-3-19-38/h4-15,28,35H,1-3,16-22H2,(H,36,39). The van der Waals surface area contributed by atoms with Crippen LogP contribution in [0, 0.1) is 0 Å². The predicted octanol–water partition coefficient (Wildman–Crippen LogP) is 7.03. The van der Waals surface area contributed by atoms with Crippen LogP contribution < -0.4 is 15.4 Å². The molecule has 0 aromatic heterocycles. The highest BCUT2D eigenvalue weighted by atomic mass is 19.4. The van der Waals surface area contributed by atoms with E-state index in [2.05, 4.69) is 37.3 Å². The Balaban J connectivity index is 1.07. The third-order valence-corrected chi connectivity index (χ3v) is 7.61. The predicted molar refractivity (Wildman–Crippen MR) is 151 cm³/mol. The molecule has 2 aliphatic heterocycles. The Morgan fingerprint density at radius 3 is 1.95 bits per heavy atom. The molecule has 2 aliphatic rings. The van der Waals surface area contributed by atoms with E-state index in [4.69, 9.17) is 0 Å². The lowest BCUT2D eigenvalue weighted by Crippen LogP contribution is -2.46. The first-order chi connectivity index (χ1) is 19.3. The van der Waals surface area contributed by atoms with Crippen molar-refractivity contribution in [2.75, 3.05) is 36.8 Å². The minimum atomic E-state index is -4.72. The van der Waals surface area contributed by atoms with Gasteiger partial charge in [0.15, 0.2) is 0 Å². The van der Waals surface area contributed by atoms with Crippen molar-refractivity contribution < 1.29 is 22.7 Å². The fraction of sp³-hybridized carbons (Fsp3) is 0.387. The fourth-order valence-corrected chi connectivity index (χ4v) is 5.49. The molecular weight excluding hydrogens is 517 g/mol. The molecule has 0 bridgehead atoms. The van der Waals surface area contributed by atoms with Gasteiger partial charge in [-0.25, -0.2) is 0 Å². The first-order valence-electron chi connectivity index (χ1n) is 13.9. The number of rotatable bonds is 8. The van der Waals surface area contributed by atoms with Crippen molar-refractivity contribution in [3.05, 3.63) is 83.9 Å². The minimum absolute atomic E-state index is 0.215. The number of hydrogen-bond acceptors (Lipinski definition) is 5. The van der Waals surface area contributed by atoms with Crippen molar-refractivity contribution in [2.24, 2.45) is 0 Å². The minimum Gasteiger partial charge on any atom is -0.406 e. The zero-order valence-corrected chi connectivity index (χ0v) is 22.4. The Bertz CT molecular complexity index is 1230. The number of ether oxygens (including phenoxy) is 1. The number of hydrogen-bond donors (Lipinski definition) is 2. The zero-order valence-electron chi connectivity index (χ0n) is 22.4. The van der Waals surface area contributed by atoms with Crippen molar-refractivity contribution in [3.8, 4) is 5.75 Å². The lowest BCUT2D eigenvalue weighted by atomic mass is 9.99. The zero-order chi connectivity index (χ0) is 28.0. The molecule has 0 radical (unpaired) electrons. The van der Waals surface area contributed by atoms with E-state index in [1.165, 1.54) is 75.0 Å². The van der Waals surface area contributed by atoms with Crippen LogP contribution in [0.25, 0.3) is 0 Å². The van der Waals surface area contributed by atoms with Gasteiger partial charge in [0.25, 0.3) is 5.91 Å². The Morgan fingerprint density at radius 2 is 1.35 bits per heavy atom. The Kier molecular flexibility index (Phi) is 8.91. The van der Waals surface area contributed by atoms with Gasteiger partial charge in [-0.2, -0.15) is 0 Å². The van der Waals surface area contributed by atoms with Crippen LogP contribution in [0.4, 0.5) is 30.2 Å². The van der Waals surface area contributed by atoms with Crippen LogP contribution in [0.15, 0.2) is 72.8 Å². The molecule has 5 rings (SSSR count). The highest BCUT2D eigenvalue weighted by Gasteiger charge is 2.31. The normalized spacial score (nSPS) is 17.4. The van der Waals surface area contributed by atoms with Crippen LogP contribution in [-0.2, 0) is 6.54 Å². The lowest BCUT2D eigenvalue weighted by molar-refractivity contribution is -0.274. The quantitative estimate of drug-likeness (QED) is 0.314. The smallest absolute Gasteiger partial charge is 0.406 e. The van der Waals surface area contributed by atoms with E-state index in [9.17, 15) is 18.0 Å². The van der Waals surface area contributed by atoms with Crippen LogP contribution in [0.5, 0.6) is 5.75 Å². The maximum Gasteiger partial charge on any atom is 0.573 e. The van der Waals surface area contributed by atoms with E-state index in [1.54, 1.807) is 24.3 Å². The third kappa shape index (κ3) is 7.99. The Morgan fingerprint density at radius 1 is 0.775 bits per heavy atom. The maximum absolute atomic E-state index is 12.7. The van der Waals surface area contributed by atoms with Crippen LogP contribution in [0.2, 0.25) is 0 Å². The van der Waals surface area contributed by atoms with E-state index in [0.29, 0.717) is 16.9 Å². The highest BCUT2D eigenvalue weighted by Crippen LogP contribution is 2.26. The fourth-order valence-electron chi connectivity index (χ4n) is 5.49. The van der Waals surface area contributed by atoms with Gasteiger partial charge in [-0.3, -0.25) is 9.69 Å². The van der Waals surface area contributed by atoms with Gasteiger partial charge in [0, 0.05) is 35.2 Å². The summed E-state index contributed by atoms with van der Waals surface area (Å²) in [5.74, 6) is -0.501. The average Bonchev–Trinajstić information content (AvgIpc) is 2.96. The van der Waals surface area contributed by atoms with E-state index in [-0.39, 0.29) is 11.7 Å². The molecule has 0 saturated carbocycles. The molecule has 3 aromatic carbocycles. The molecule has 2 fully saturated rings. The average molecular weight is 553 g/mol. The van der Waals surface area contributed by atoms with Gasteiger partial charge < -0.3 is 20.3 Å². The van der Waals surface area contributed by atoms with E-state index < -0.39 is 6.36 Å². The summed E-state index contributed by atoms with van der Waals surface area (Å²) in [6.07, 6.45) is 1.82. The first-order valence-corrected chi connectivity index (χ1v) is 13.9. The van der Waals surface area contributed by atoms with Crippen LogP contribution in [0.1, 0.15) is 48.0 Å². The Hall–Kier alpha value is -3.56. The summed E-state index contributed by atoms with van der Waals surface area (Å²) in [7, 11) is 0. The number of likely N-dealkylation sites (tertiary alicyclic amines) is 2. The number of carbonyl (C=O) groups is 1. The van der Waals surface area contributed by atoms with Crippen molar-refractivity contribution in [2.45, 2.75) is 51.1 Å². The van der Waals surface area contributed by atoms with Gasteiger partial charge in [0.05, 0.1) is 0 Å². The molecule has 0 aliphatic carbocycles. The number of anilines is 3. The van der Waals surface area contributed by atoms with Crippen LogP contribution in [-0.4, -0.2) is 54.3 Å². The molecule has 0 spiro atoms. The summed E-state index contributed by atoms with van der Waals surface area (Å²) in [4.78, 5) is 18.0. The molecule has 212 valence electrons. The molecule has 6 nitrogen and oxygen atoms in total. The number of carbonyl (C=O) groups excluding carboxylic acids is 1. The first kappa shape index (κ1) is 28.0. The summed E-state index contributed by atoms with van der Waals surface area (Å²) in [5, 5.41) is 6.03. The summed E-state index contributed by atoms with van der Waals surface area (Å²) >= 11 is 0. The van der Waals surface area contributed by atoms with Crippen molar-refractivity contribution in [3.63, 3.8) is 0 Å². The molecule has 0 unspecified atom stereocenters. The molecule has 0 atom stereocenters. The Labute approximate surface area is 233 Å². The second-order valence-corrected chi connectivity index (χ2v) is 10.5. The molecule has 2 heterocycles. The highest BCUT2D eigenvalue weighted by molar-refractivity contribution is 6.04. The topological polar surface area (TPSA) is 56.8 Å². The number of benzene rings is 3. The molecule has 40 heavy (non-hydrogen) atoms. The summed E-state index contributed by atoms with van der Waals surface area (Å²) in [5.41, 5.74) is 3.77. The lowest BCUT2D eigenvalue weighted by Gasteiger charge is -2.40. The van der Waals surface area contributed by atoms with Gasteiger partial charge in [-0.05, 0) is 118 Å². The number of alkyl halides is 3. The number of piperidine rings is 2. The monoisotopic (exact) mass is 552 g/mol. The largest absolute Gasteiger partial charge is 0.573 e. The maximum atomic E-state index is 12.7. The van der Waals surface area contributed by atoms with Gasteiger partial charge in [-0.1, -0.05) is 18.6 Å². The summed E-state index contributed by atoms with van der Waals surface area (Å²) < 4.78 is 40.8. The van der Waals surface area contributed by atoms with Crippen LogP contribution >= 0.6 is 0 Å². The van der Waals surface area contributed by atoms with Gasteiger partial charge >= 0.3 is 6.36 Å². The molecule has 2 N–H and O–H groups in total. The number of halogens is 3. The van der Waals surface area contributed by atoms with Crippen molar-refractivity contribution in [1.82, 2.24) is 9.80 Å². The number of amides is 1. The molecule has 1 amide bonds. The molecular formula is C31H35F3N4O2. The van der Waals surface area contributed by atoms with Gasteiger partial charge in [0.2, 0.25) is 0 Å².